The number of carbonyl (C=O) groups excluding carboxylic acids is 3. The predicted molar refractivity (Wildman–Crippen MR) is 155 cm³/mol. The summed E-state index contributed by atoms with van der Waals surface area (Å²) in [6, 6.07) is 7.73. The van der Waals surface area contributed by atoms with Gasteiger partial charge in [0.2, 0.25) is 0 Å². The molecule has 0 saturated carbocycles. The lowest BCUT2D eigenvalue weighted by Crippen LogP contribution is -2.53. The number of fused-ring (bicyclic) bond motifs is 3. The van der Waals surface area contributed by atoms with E-state index in [1.165, 1.54) is 4.57 Å². The van der Waals surface area contributed by atoms with Crippen molar-refractivity contribution in [3.05, 3.63) is 34.7 Å². The van der Waals surface area contributed by atoms with Gasteiger partial charge in [0, 0.05) is 71.0 Å². The molecule has 224 valence electrons. The Bertz CT molecular complexity index is 1310. The lowest BCUT2D eigenvalue weighted by Gasteiger charge is -2.39. The summed E-state index contributed by atoms with van der Waals surface area (Å²) in [5.41, 5.74) is 1.08. The SMILES string of the molecule is CC(C)n1c(=O)n(C(=O)N[C@H]2C[C@H]3CC[C@@H](C2)N3CCCOC(=O)N2CCN(C(=O)N(C)C)CC2)c2ccccc21. The van der Waals surface area contributed by atoms with Crippen LogP contribution in [0.25, 0.3) is 11.0 Å². The van der Waals surface area contributed by atoms with Gasteiger partial charge >= 0.3 is 23.8 Å². The number of nitrogens with one attached hydrogen (secondary N) is 1. The van der Waals surface area contributed by atoms with Crippen LogP contribution < -0.4 is 11.0 Å². The number of benzene rings is 1. The molecule has 3 atom stereocenters. The maximum atomic E-state index is 13.3. The van der Waals surface area contributed by atoms with Gasteiger partial charge in [0.1, 0.15) is 0 Å². The van der Waals surface area contributed by atoms with E-state index in [1.807, 2.05) is 38.1 Å². The van der Waals surface area contributed by atoms with Gasteiger partial charge in [-0.2, -0.15) is 0 Å². The van der Waals surface area contributed by atoms with Crippen LogP contribution in [0.2, 0.25) is 0 Å². The molecule has 3 aliphatic heterocycles. The molecule has 3 fully saturated rings. The Morgan fingerprint density at radius 3 is 2.20 bits per heavy atom. The summed E-state index contributed by atoms with van der Waals surface area (Å²) in [4.78, 5) is 58.6. The molecule has 1 N–H and O–H groups in total. The zero-order chi connectivity index (χ0) is 29.3. The number of amides is 4. The van der Waals surface area contributed by atoms with Crippen molar-refractivity contribution in [3.63, 3.8) is 0 Å². The predicted octanol–water partition coefficient (Wildman–Crippen LogP) is 2.76. The lowest BCUT2D eigenvalue weighted by atomic mass is 9.97. The molecule has 41 heavy (non-hydrogen) atoms. The molecule has 4 amide bonds. The first-order chi connectivity index (χ1) is 19.7. The van der Waals surface area contributed by atoms with Crippen molar-refractivity contribution < 1.29 is 19.1 Å². The van der Waals surface area contributed by atoms with Crippen LogP contribution in [-0.2, 0) is 4.74 Å². The highest BCUT2D eigenvalue weighted by molar-refractivity contribution is 5.89. The average Bonchev–Trinajstić information content (AvgIpc) is 3.38. The Kier molecular flexibility index (Phi) is 8.58. The first-order valence-corrected chi connectivity index (χ1v) is 14.8. The molecule has 3 aliphatic rings. The smallest absolute Gasteiger partial charge is 0.409 e. The molecule has 2 aromatic rings. The van der Waals surface area contributed by atoms with Crippen molar-refractivity contribution in [3.8, 4) is 0 Å². The highest BCUT2D eigenvalue weighted by Crippen LogP contribution is 2.36. The van der Waals surface area contributed by atoms with E-state index in [1.54, 1.807) is 33.4 Å². The summed E-state index contributed by atoms with van der Waals surface area (Å²) >= 11 is 0. The van der Waals surface area contributed by atoms with Gasteiger partial charge in [-0.25, -0.2) is 23.7 Å². The topological polar surface area (TPSA) is 112 Å². The van der Waals surface area contributed by atoms with Crippen molar-refractivity contribution in [1.29, 1.82) is 0 Å². The van der Waals surface area contributed by atoms with E-state index in [0.717, 1.165) is 44.2 Å². The number of piperidine rings is 1. The number of nitrogens with zero attached hydrogens (tertiary/aromatic N) is 6. The lowest BCUT2D eigenvalue weighted by molar-refractivity contribution is 0.0688. The minimum Gasteiger partial charge on any atom is -0.449 e. The first-order valence-electron chi connectivity index (χ1n) is 14.8. The molecule has 12 heteroatoms. The van der Waals surface area contributed by atoms with Crippen LogP contribution in [0.4, 0.5) is 14.4 Å². The number of hydrogen-bond acceptors (Lipinski definition) is 6. The highest BCUT2D eigenvalue weighted by atomic mass is 16.6. The fraction of sp³-hybridized carbons (Fsp3) is 0.655. The number of piperazine rings is 1. The molecule has 1 aromatic carbocycles. The standard InChI is InChI=1S/C29H43N7O5/c1-20(2)35-24-8-5-6-9-25(24)36(28(35)39)26(37)30-21-18-22-10-11-23(19-21)34(22)12-7-17-41-29(40)33-15-13-32(14-16-33)27(38)31(3)4/h5-6,8-9,20-23H,7,10-19H2,1-4H3,(H,30,37)/t21-,22+,23-. The number of hydrogen-bond donors (Lipinski definition) is 1. The van der Waals surface area contributed by atoms with Crippen LogP contribution in [0.1, 0.15) is 52.0 Å². The average molecular weight is 570 g/mol. The van der Waals surface area contributed by atoms with E-state index in [9.17, 15) is 19.2 Å². The van der Waals surface area contributed by atoms with Crippen molar-refractivity contribution in [2.45, 2.75) is 70.1 Å². The largest absolute Gasteiger partial charge is 0.449 e. The van der Waals surface area contributed by atoms with E-state index >= 15 is 0 Å². The molecule has 0 aliphatic carbocycles. The molecule has 4 heterocycles. The Labute approximate surface area is 240 Å². The number of aromatic nitrogens is 2. The molecule has 3 saturated heterocycles. The number of carbonyl (C=O) groups is 3. The molecule has 5 rings (SSSR count). The molecule has 0 spiro atoms. The zero-order valence-corrected chi connectivity index (χ0v) is 24.6. The van der Waals surface area contributed by atoms with Crippen molar-refractivity contribution in [2.24, 2.45) is 0 Å². The number of urea groups is 1. The van der Waals surface area contributed by atoms with E-state index in [2.05, 4.69) is 10.2 Å². The fourth-order valence-corrected chi connectivity index (χ4v) is 6.72. The van der Waals surface area contributed by atoms with Gasteiger partial charge in [-0.15, -0.1) is 0 Å². The van der Waals surface area contributed by atoms with Crippen LogP contribution in [0.15, 0.2) is 29.1 Å². The molecular formula is C29H43N7O5. The van der Waals surface area contributed by atoms with E-state index in [4.69, 9.17) is 4.74 Å². The number of ether oxygens (including phenoxy) is 1. The third kappa shape index (κ3) is 5.93. The zero-order valence-electron chi connectivity index (χ0n) is 24.6. The molecule has 1 aromatic heterocycles. The fourth-order valence-electron chi connectivity index (χ4n) is 6.72. The third-order valence-electron chi connectivity index (χ3n) is 8.69. The maximum absolute atomic E-state index is 13.3. The van der Waals surface area contributed by atoms with Gasteiger partial charge in [-0.05, 0) is 58.1 Å². The summed E-state index contributed by atoms with van der Waals surface area (Å²) in [5, 5.41) is 3.16. The minimum absolute atomic E-state index is 0.0141. The van der Waals surface area contributed by atoms with Gasteiger partial charge in [0.25, 0.3) is 0 Å². The second kappa shape index (κ2) is 12.1. The summed E-state index contributed by atoms with van der Waals surface area (Å²) in [5.74, 6) is 0. The van der Waals surface area contributed by atoms with Crippen LogP contribution in [0.5, 0.6) is 0 Å². The molecular weight excluding hydrogens is 526 g/mol. The molecule has 0 radical (unpaired) electrons. The number of rotatable bonds is 6. The van der Waals surface area contributed by atoms with Gasteiger partial charge in [-0.3, -0.25) is 9.47 Å². The van der Waals surface area contributed by atoms with E-state index in [-0.39, 0.29) is 35.9 Å². The summed E-state index contributed by atoms with van der Waals surface area (Å²) in [6.07, 6.45) is 4.28. The van der Waals surface area contributed by atoms with Gasteiger partial charge in [0.15, 0.2) is 0 Å². The number of para-hydroxylation sites is 2. The van der Waals surface area contributed by atoms with Crippen LogP contribution >= 0.6 is 0 Å². The van der Waals surface area contributed by atoms with Crippen LogP contribution in [-0.4, -0.2) is 118 Å². The maximum Gasteiger partial charge on any atom is 0.409 e. The van der Waals surface area contributed by atoms with E-state index in [0.29, 0.717) is 50.4 Å². The van der Waals surface area contributed by atoms with E-state index < -0.39 is 0 Å². The highest BCUT2D eigenvalue weighted by Gasteiger charge is 2.41. The Morgan fingerprint density at radius 2 is 1.59 bits per heavy atom. The van der Waals surface area contributed by atoms with Gasteiger partial charge in [-0.1, -0.05) is 12.1 Å². The van der Waals surface area contributed by atoms with Crippen LogP contribution in [0, 0.1) is 0 Å². The van der Waals surface area contributed by atoms with Gasteiger partial charge in [0.05, 0.1) is 17.6 Å². The third-order valence-corrected chi connectivity index (χ3v) is 8.69. The summed E-state index contributed by atoms with van der Waals surface area (Å²) in [6.45, 7) is 7.06. The Morgan fingerprint density at radius 1 is 0.976 bits per heavy atom. The summed E-state index contributed by atoms with van der Waals surface area (Å²) < 4.78 is 8.49. The second-order valence-corrected chi connectivity index (χ2v) is 11.9. The van der Waals surface area contributed by atoms with Crippen molar-refractivity contribution >= 4 is 29.2 Å². The number of imidazole rings is 1. The van der Waals surface area contributed by atoms with Gasteiger partial charge < -0.3 is 24.8 Å². The van der Waals surface area contributed by atoms with Crippen molar-refractivity contribution in [2.75, 3.05) is 53.4 Å². The normalized spacial score (nSPS) is 22.8. The second-order valence-electron chi connectivity index (χ2n) is 11.9. The molecule has 0 unspecified atom stereocenters. The summed E-state index contributed by atoms with van der Waals surface area (Å²) in [7, 11) is 3.45. The minimum atomic E-state index is -0.359. The van der Waals surface area contributed by atoms with Crippen LogP contribution in [0.3, 0.4) is 0 Å². The monoisotopic (exact) mass is 569 g/mol. The molecule has 2 bridgehead atoms. The molecule has 12 nitrogen and oxygen atoms in total. The first kappa shape index (κ1) is 29.0. The Balaban J connectivity index is 1.08. The Hall–Kier alpha value is -3.54. The van der Waals surface area contributed by atoms with Crippen molar-refractivity contribution in [1.82, 2.24) is 34.1 Å². The quantitative estimate of drug-likeness (QED) is 0.536.